The molecule has 0 saturated heterocycles. The SMILES string of the molecule is CN=C(NCC(C)(C)CCS(C)(=O)=O)NC1CCCC(SC)C1. The standard InChI is InChI=1S/C16H33N3O2S2/c1-16(2,9-10-23(5,20)21)12-18-15(17-3)19-13-7-6-8-14(11-13)22-4/h13-14H,6-12H2,1-5H3,(H2,17,18,19). The minimum Gasteiger partial charge on any atom is -0.356 e. The largest absolute Gasteiger partial charge is 0.356 e. The zero-order valence-electron chi connectivity index (χ0n) is 15.2. The van der Waals surface area contributed by atoms with Crippen molar-refractivity contribution in [2.24, 2.45) is 10.4 Å². The molecule has 0 amide bonds. The molecule has 1 saturated carbocycles. The highest BCUT2D eigenvalue weighted by atomic mass is 32.2. The highest BCUT2D eigenvalue weighted by Crippen LogP contribution is 2.27. The molecule has 0 aliphatic heterocycles. The van der Waals surface area contributed by atoms with E-state index >= 15 is 0 Å². The van der Waals surface area contributed by atoms with Gasteiger partial charge in [-0.25, -0.2) is 8.42 Å². The molecule has 0 aromatic carbocycles. The minimum absolute atomic E-state index is 0.0882. The molecular formula is C16H33N3O2S2. The van der Waals surface area contributed by atoms with Crippen LogP contribution in [0.2, 0.25) is 0 Å². The Bertz CT molecular complexity index is 490. The maximum atomic E-state index is 11.3. The van der Waals surface area contributed by atoms with Gasteiger partial charge in [0.25, 0.3) is 0 Å². The molecule has 1 aliphatic rings. The number of hydrogen-bond acceptors (Lipinski definition) is 4. The summed E-state index contributed by atoms with van der Waals surface area (Å²) in [5.41, 5.74) is -0.0882. The first-order chi connectivity index (χ1) is 10.6. The van der Waals surface area contributed by atoms with Crippen molar-refractivity contribution in [3.63, 3.8) is 0 Å². The van der Waals surface area contributed by atoms with Crippen LogP contribution in [0.25, 0.3) is 0 Å². The van der Waals surface area contributed by atoms with E-state index in [2.05, 4.69) is 35.7 Å². The van der Waals surface area contributed by atoms with Crippen LogP contribution < -0.4 is 10.6 Å². The molecule has 1 fully saturated rings. The Morgan fingerprint density at radius 1 is 1.35 bits per heavy atom. The highest BCUT2D eigenvalue weighted by molar-refractivity contribution is 7.99. The van der Waals surface area contributed by atoms with Crippen LogP contribution in [0.5, 0.6) is 0 Å². The van der Waals surface area contributed by atoms with E-state index in [0.29, 0.717) is 19.0 Å². The highest BCUT2D eigenvalue weighted by Gasteiger charge is 2.24. The molecule has 0 aromatic heterocycles. The van der Waals surface area contributed by atoms with Gasteiger partial charge in [-0.1, -0.05) is 20.3 Å². The third-order valence-corrected chi connectivity index (χ3v) is 6.45. The molecule has 5 nitrogen and oxygen atoms in total. The van der Waals surface area contributed by atoms with Gasteiger partial charge in [0.1, 0.15) is 9.84 Å². The number of nitrogens with one attached hydrogen (secondary N) is 2. The average Bonchev–Trinajstić information content (AvgIpc) is 2.49. The molecule has 0 spiro atoms. The second kappa shape index (κ2) is 9.16. The molecule has 0 radical (unpaired) electrons. The molecule has 0 aromatic rings. The minimum atomic E-state index is -2.91. The summed E-state index contributed by atoms with van der Waals surface area (Å²) in [6.07, 6.45) is 9.07. The fourth-order valence-corrected chi connectivity index (χ4v) is 4.50. The number of guanidine groups is 1. The fourth-order valence-electron chi connectivity index (χ4n) is 2.75. The van der Waals surface area contributed by atoms with Crippen molar-refractivity contribution in [3.8, 4) is 0 Å². The van der Waals surface area contributed by atoms with Crippen LogP contribution in [-0.4, -0.2) is 57.5 Å². The Morgan fingerprint density at radius 3 is 2.61 bits per heavy atom. The van der Waals surface area contributed by atoms with Gasteiger partial charge in [-0.3, -0.25) is 4.99 Å². The van der Waals surface area contributed by atoms with E-state index in [9.17, 15) is 8.42 Å². The molecule has 23 heavy (non-hydrogen) atoms. The third-order valence-electron chi connectivity index (χ3n) is 4.41. The van der Waals surface area contributed by atoms with E-state index in [-0.39, 0.29) is 11.2 Å². The van der Waals surface area contributed by atoms with Crippen LogP contribution in [0.1, 0.15) is 46.0 Å². The summed E-state index contributed by atoms with van der Waals surface area (Å²) >= 11 is 1.95. The summed E-state index contributed by atoms with van der Waals surface area (Å²) in [5, 5.41) is 7.63. The third kappa shape index (κ3) is 8.84. The Labute approximate surface area is 146 Å². The average molecular weight is 364 g/mol. The lowest BCUT2D eigenvalue weighted by Crippen LogP contribution is -2.48. The van der Waals surface area contributed by atoms with Crippen molar-refractivity contribution in [2.75, 3.05) is 31.9 Å². The van der Waals surface area contributed by atoms with Gasteiger partial charge >= 0.3 is 0 Å². The Morgan fingerprint density at radius 2 is 2.04 bits per heavy atom. The predicted octanol–water partition coefficient (Wildman–Crippen LogP) is 2.29. The summed E-state index contributed by atoms with van der Waals surface area (Å²) < 4.78 is 22.7. The van der Waals surface area contributed by atoms with Crippen LogP contribution in [-0.2, 0) is 9.84 Å². The molecule has 1 rings (SSSR count). The zero-order chi connectivity index (χ0) is 17.5. The summed E-state index contributed by atoms with van der Waals surface area (Å²) in [5.74, 6) is 1.05. The molecule has 2 N–H and O–H groups in total. The lowest BCUT2D eigenvalue weighted by molar-refractivity contribution is 0.345. The maximum Gasteiger partial charge on any atom is 0.191 e. The van der Waals surface area contributed by atoms with Crippen molar-refractivity contribution in [3.05, 3.63) is 0 Å². The molecule has 2 atom stereocenters. The molecule has 0 heterocycles. The van der Waals surface area contributed by atoms with Crippen molar-refractivity contribution >= 4 is 27.6 Å². The maximum absolute atomic E-state index is 11.3. The molecule has 7 heteroatoms. The summed E-state index contributed by atoms with van der Waals surface area (Å²) in [6.45, 7) is 4.88. The van der Waals surface area contributed by atoms with Crippen molar-refractivity contribution in [2.45, 2.75) is 57.2 Å². The van der Waals surface area contributed by atoms with E-state index in [1.807, 2.05) is 11.8 Å². The van der Waals surface area contributed by atoms with Crippen LogP contribution in [0.15, 0.2) is 4.99 Å². The van der Waals surface area contributed by atoms with Crippen molar-refractivity contribution in [1.29, 1.82) is 0 Å². The van der Waals surface area contributed by atoms with E-state index in [1.54, 1.807) is 7.05 Å². The van der Waals surface area contributed by atoms with Crippen molar-refractivity contribution in [1.82, 2.24) is 10.6 Å². The Hall–Kier alpha value is -0.430. The number of rotatable bonds is 7. The second-order valence-corrected chi connectivity index (χ2v) is 10.7. The van der Waals surface area contributed by atoms with E-state index < -0.39 is 9.84 Å². The van der Waals surface area contributed by atoms with Crippen LogP contribution >= 0.6 is 11.8 Å². The van der Waals surface area contributed by atoms with Crippen LogP contribution in [0, 0.1) is 5.41 Å². The number of nitrogens with zero attached hydrogens (tertiary/aromatic N) is 1. The fraction of sp³-hybridized carbons (Fsp3) is 0.938. The van der Waals surface area contributed by atoms with Gasteiger partial charge in [-0.15, -0.1) is 0 Å². The van der Waals surface area contributed by atoms with Crippen LogP contribution in [0.3, 0.4) is 0 Å². The molecule has 136 valence electrons. The Balaban J connectivity index is 2.44. The van der Waals surface area contributed by atoms with E-state index in [0.717, 1.165) is 11.2 Å². The molecule has 0 bridgehead atoms. The predicted molar refractivity (Wildman–Crippen MR) is 102 cm³/mol. The van der Waals surface area contributed by atoms with Crippen molar-refractivity contribution < 1.29 is 8.42 Å². The Kier molecular flexibility index (Phi) is 8.21. The van der Waals surface area contributed by atoms with Gasteiger partial charge in [0.05, 0.1) is 5.75 Å². The van der Waals surface area contributed by atoms with Gasteiger partial charge in [-0.05, 0) is 37.4 Å². The van der Waals surface area contributed by atoms with Gasteiger partial charge < -0.3 is 10.6 Å². The van der Waals surface area contributed by atoms with Gasteiger partial charge in [0, 0.05) is 31.1 Å². The molecular weight excluding hydrogens is 330 g/mol. The van der Waals surface area contributed by atoms with Gasteiger partial charge in [-0.2, -0.15) is 11.8 Å². The summed E-state index contributed by atoms with van der Waals surface area (Å²) in [7, 11) is -1.12. The normalized spacial score (nSPS) is 23.6. The first-order valence-corrected chi connectivity index (χ1v) is 11.7. The summed E-state index contributed by atoms with van der Waals surface area (Å²) in [4.78, 5) is 4.31. The first kappa shape index (κ1) is 20.6. The second-order valence-electron chi connectivity index (χ2n) is 7.34. The van der Waals surface area contributed by atoms with Gasteiger partial charge in [0.2, 0.25) is 0 Å². The molecule has 1 aliphatic carbocycles. The first-order valence-electron chi connectivity index (χ1n) is 8.33. The number of thioether (sulfide) groups is 1. The lowest BCUT2D eigenvalue weighted by Gasteiger charge is -2.31. The number of hydrogen-bond donors (Lipinski definition) is 2. The molecule has 2 unspecified atom stereocenters. The lowest BCUT2D eigenvalue weighted by atomic mass is 9.90. The quantitative estimate of drug-likeness (QED) is 0.536. The number of sulfone groups is 1. The number of aliphatic imine (C=N–C) groups is 1. The van der Waals surface area contributed by atoms with Gasteiger partial charge in [0.15, 0.2) is 5.96 Å². The van der Waals surface area contributed by atoms with E-state index in [1.165, 1.54) is 31.9 Å². The summed E-state index contributed by atoms with van der Waals surface area (Å²) in [6, 6.07) is 0.478. The zero-order valence-corrected chi connectivity index (χ0v) is 16.8. The monoisotopic (exact) mass is 363 g/mol. The van der Waals surface area contributed by atoms with Crippen LogP contribution in [0.4, 0.5) is 0 Å². The topological polar surface area (TPSA) is 70.6 Å². The van der Waals surface area contributed by atoms with E-state index in [4.69, 9.17) is 0 Å². The smallest absolute Gasteiger partial charge is 0.191 e.